The molecule has 0 atom stereocenters. The Morgan fingerprint density at radius 3 is 2.27 bits per heavy atom. The molecule has 1 aliphatic rings. The molecule has 1 aliphatic carbocycles. The molecule has 0 nitrogen and oxygen atoms in total. The lowest BCUT2D eigenvalue weighted by molar-refractivity contribution is 0.299. The first kappa shape index (κ1) is 22.2. The topological polar surface area (TPSA) is 0 Å². The third-order valence-corrected chi connectivity index (χ3v) is 6.28. The highest BCUT2D eigenvalue weighted by Crippen LogP contribution is 2.38. The molecule has 0 amide bonds. The summed E-state index contributed by atoms with van der Waals surface area (Å²) >= 11 is 0. The normalized spacial score (nSPS) is 18.1. The van der Waals surface area contributed by atoms with Crippen molar-refractivity contribution in [1.29, 1.82) is 0 Å². The number of rotatable bonds is 6. The quantitative estimate of drug-likeness (QED) is 0.345. The molecule has 0 spiro atoms. The first-order chi connectivity index (χ1) is 14.7. The fraction of sp³-hybridized carbons (Fsp3) is 0.448. The van der Waals surface area contributed by atoms with Gasteiger partial charge in [-0.2, -0.15) is 0 Å². The van der Waals surface area contributed by atoms with Crippen LogP contribution in [-0.4, -0.2) is 0 Å². The van der Waals surface area contributed by atoms with Crippen LogP contribution in [0, 0.1) is 35.4 Å². The lowest BCUT2D eigenvalue weighted by atomic mass is 9.77. The van der Waals surface area contributed by atoms with E-state index in [0.717, 1.165) is 41.9 Å². The molecule has 0 bridgehead atoms. The summed E-state index contributed by atoms with van der Waals surface area (Å²) in [4.78, 5) is 0. The van der Waals surface area contributed by atoms with Gasteiger partial charge in [-0.25, -0.2) is 4.39 Å². The molecule has 1 fully saturated rings. The Labute approximate surface area is 182 Å². The molecule has 0 aliphatic heterocycles. The smallest absolute Gasteiger partial charge is 0.127 e. The maximum atomic E-state index is 14.8. The van der Waals surface area contributed by atoms with Gasteiger partial charge in [0.15, 0.2) is 0 Å². The molecule has 0 aromatic heterocycles. The zero-order valence-corrected chi connectivity index (χ0v) is 18.4. The van der Waals surface area contributed by atoms with E-state index in [1.807, 2.05) is 31.2 Å². The van der Waals surface area contributed by atoms with Crippen molar-refractivity contribution in [3.05, 3.63) is 70.5 Å². The van der Waals surface area contributed by atoms with E-state index in [1.165, 1.54) is 44.1 Å². The van der Waals surface area contributed by atoms with E-state index in [1.54, 1.807) is 6.07 Å². The number of benzene rings is 2. The predicted molar refractivity (Wildman–Crippen MR) is 125 cm³/mol. The van der Waals surface area contributed by atoms with Crippen molar-refractivity contribution >= 4 is 0 Å². The zero-order chi connectivity index (χ0) is 21.2. The van der Waals surface area contributed by atoms with Gasteiger partial charge in [-0.15, -0.1) is 5.92 Å². The van der Waals surface area contributed by atoms with Crippen LogP contribution < -0.4 is 0 Å². The fourth-order valence-corrected chi connectivity index (χ4v) is 4.42. The van der Waals surface area contributed by atoms with Crippen molar-refractivity contribution in [2.75, 3.05) is 0 Å². The third-order valence-electron chi connectivity index (χ3n) is 6.28. The molecule has 3 rings (SSSR count). The van der Waals surface area contributed by atoms with Crippen LogP contribution in [0.2, 0.25) is 0 Å². The van der Waals surface area contributed by atoms with E-state index in [2.05, 4.69) is 42.7 Å². The van der Waals surface area contributed by atoms with Crippen LogP contribution in [0.1, 0.15) is 93.4 Å². The lowest BCUT2D eigenvalue weighted by Crippen LogP contribution is -2.14. The summed E-state index contributed by atoms with van der Waals surface area (Å²) in [6, 6.07) is 13.7. The largest absolute Gasteiger partial charge is 0.207 e. The number of unbranched alkanes of at least 4 members (excludes halogenated alkanes) is 2. The molecule has 1 saturated carbocycles. The van der Waals surface area contributed by atoms with E-state index in [4.69, 9.17) is 0 Å². The van der Waals surface area contributed by atoms with Crippen LogP contribution >= 0.6 is 0 Å². The minimum atomic E-state index is -0.0929. The Kier molecular flexibility index (Phi) is 8.59. The SMILES string of the molecule is CC#CCc1ccc(C#Cc2ccc(C3CCC(CCCCC)CC3)c(F)c2)cc1. The van der Waals surface area contributed by atoms with Gasteiger partial charge in [0.05, 0.1) is 0 Å². The molecule has 0 saturated heterocycles. The Balaban J connectivity index is 1.58. The van der Waals surface area contributed by atoms with Crippen molar-refractivity contribution in [2.45, 2.75) is 77.6 Å². The predicted octanol–water partition coefficient (Wildman–Crippen LogP) is 7.65. The minimum Gasteiger partial charge on any atom is -0.207 e. The maximum absolute atomic E-state index is 14.8. The standard InChI is InChI=1S/C29H33F/c1-3-5-7-9-24-16-19-27(20-17-24)28-21-18-26(22-29(28)30)15-14-25-12-10-23(11-13-25)8-6-4-2/h10-13,18,21-22,24,27H,3,5,7-9,16-17,19-20H2,1-2H3. The molecular weight excluding hydrogens is 367 g/mol. The molecule has 0 heterocycles. The zero-order valence-electron chi connectivity index (χ0n) is 18.4. The van der Waals surface area contributed by atoms with E-state index >= 15 is 0 Å². The number of hydrogen-bond acceptors (Lipinski definition) is 0. The van der Waals surface area contributed by atoms with Gasteiger partial charge in [-0.3, -0.25) is 0 Å². The van der Waals surface area contributed by atoms with Crippen LogP contribution in [0.4, 0.5) is 4.39 Å². The van der Waals surface area contributed by atoms with Crippen molar-refractivity contribution in [1.82, 2.24) is 0 Å². The Bertz CT molecular complexity index is 922. The molecule has 156 valence electrons. The molecule has 30 heavy (non-hydrogen) atoms. The Hall–Kier alpha value is -2.51. The maximum Gasteiger partial charge on any atom is 0.127 e. The van der Waals surface area contributed by atoms with Crippen LogP contribution in [0.5, 0.6) is 0 Å². The Morgan fingerprint density at radius 1 is 0.900 bits per heavy atom. The van der Waals surface area contributed by atoms with Gasteiger partial charge >= 0.3 is 0 Å². The van der Waals surface area contributed by atoms with E-state index < -0.39 is 0 Å². The first-order valence-corrected chi connectivity index (χ1v) is 11.5. The monoisotopic (exact) mass is 400 g/mol. The summed E-state index contributed by atoms with van der Waals surface area (Å²) in [7, 11) is 0. The number of hydrogen-bond donors (Lipinski definition) is 0. The second kappa shape index (κ2) is 11.6. The summed E-state index contributed by atoms with van der Waals surface area (Å²) in [6.07, 6.45) is 10.8. The fourth-order valence-electron chi connectivity index (χ4n) is 4.42. The molecule has 2 aromatic rings. The lowest BCUT2D eigenvalue weighted by Gasteiger charge is -2.29. The van der Waals surface area contributed by atoms with Gasteiger partial charge in [0, 0.05) is 17.5 Å². The summed E-state index contributed by atoms with van der Waals surface area (Å²) in [5, 5.41) is 0. The molecular formula is C29H33F. The molecule has 0 radical (unpaired) electrons. The second-order valence-corrected chi connectivity index (χ2v) is 8.50. The van der Waals surface area contributed by atoms with E-state index in [9.17, 15) is 4.39 Å². The molecule has 0 N–H and O–H groups in total. The highest BCUT2D eigenvalue weighted by molar-refractivity contribution is 5.45. The summed E-state index contributed by atoms with van der Waals surface area (Å²) in [6.45, 7) is 4.11. The molecule has 2 aromatic carbocycles. The van der Waals surface area contributed by atoms with E-state index in [0.29, 0.717) is 5.92 Å². The Morgan fingerprint density at radius 2 is 1.60 bits per heavy atom. The van der Waals surface area contributed by atoms with Gasteiger partial charge in [0.1, 0.15) is 5.82 Å². The van der Waals surface area contributed by atoms with Crippen molar-refractivity contribution in [3.8, 4) is 23.7 Å². The highest BCUT2D eigenvalue weighted by atomic mass is 19.1. The second-order valence-electron chi connectivity index (χ2n) is 8.50. The van der Waals surface area contributed by atoms with E-state index in [-0.39, 0.29) is 5.82 Å². The minimum absolute atomic E-state index is 0.0929. The molecule has 0 unspecified atom stereocenters. The van der Waals surface area contributed by atoms with Gasteiger partial charge in [-0.1, -0.05) is 68.6 Å². The number of halogens is 1. The van der Waals surface area contributed by atoms with Gasteiger partial charge in [-0.05, 0) is 79.8 Å². The van der Waals surface area contributed by atoms with Gasteiger partial charge < -0.3 is 0 Å². The highest BCUT2D eigenvalue weighted by Gasteiger charge is 2.24. The first-order valence-electron chi connectivity index (χ1n) is 11.5. The average molecular weight is 401 g/mol. The van der Waals surface area contributed by atoms with Gasteiger partial charge in [0.25, 0.3) is 0 Å². The van der Waals surface area contributed by atoms with Gasteiger partial charge in [0.2, 0.25) is 0 Å². The molecule has 1 heteroatoms. The average Bonchev–Trinajstić information content (AvgIpc) is 2.78. The van der Waals surface area contributed by atoms with Crippen LogP contribution in [0.15, 0.2) is 42.5 Å². The van der Waals surface area contributed by atoms with Crippen LogP contribution in [0.25, 0.3) is 0 Å². The van der Waals surface area contributed by atoms with Crippen molar-refractivity contribution in [3.63, 3.8) is 0 Å². The third kappa shape index (κ3) is 6.50. The summed E-state index contributed by atoms with van der Waals surface area (Å²) in [5.41, 5.74) is 3.75. The summed E-state index contributed by atoms with van der Waals surface area (Å²) in [5.74, 6) is 13.4. The van der Waals surface area contributed by atoms with Crippen LogP contribution in [0.3, 0.4) is 0 Å². The van der Waals surface area contributed by atoms with Crippen molar-refractivity contribution < 1.29 is 4.39 Å². The van der Waals surface area contributed by atoms with Crippen molar-refractivity contribution in [2.24, 2.45) is 5.92 Å². The summed E-state index contributed by atoms with van der Waals surface area (Å²) < 4.78 is 14.8. The van der Waals surface area contributed by atoms with Crippen LogP contribution in [-0.2, 0) is 6.42 Å².